The van der Waals surface area contributed by atoms with Crippen LogP contribution in [0.1, 0.15) is 28.4 Å². The SMILES string of the molecule is Cc1ccc(NC(=O)N2Cc3ccccc3-n3cccc3[C@@H]2c2cc(F)cc(F)c2)cc1Cl. The molecular formula is C26H20ClF2N3O. The Hall–Kier alpha value is -3.64. The highest BCUT2D eigenvalue weighted by molar-refractivity contribution is 6.31. The Labute approximate surface area is 195 Å². The van der Waals surface area contributed by atoms with E-state index >= 15 is 0 Å². The number of aryl methyl sites for hydroxylation is 1. The lowest BCUT2D eigenvalue weighted by molar-refractivity contribution is 0.194. The van der Waals surface area contributed by atoms with Gasteiger partial charge in [0.15, 0.2) is 0 Å². The molecule has 0 bridgehead atoms. The van der Waals surface area contributed by atoms with Crippen molar-refractivity contribution in [3.63, 3.8) is 0 Å². The van der Waals surface area contributed by atoms with Gasteiger partial charge in [0, 0.05) is 28.7 Å². The molecule has 4 nitrogen and oxygen atoms in total. The van der Waals surface area contributed by atoms with E-state index in [0.29, 0.717) is 16.3 Å². The first-order valence-corrected chi connectivity index (χ1v) is 10.8. The molecule has 0 radical (unpaired) electrons. The number of aromatic nitrogens is 1. The third-order valence-electron chi connectivity index (χ3n) is 5.85. The molecule has 33 heavy (non-hydrogen) atoms. The summed E-state index contributed by atoms with van der Waals surface area (Å²) < 4.78 is 30.4. The minimum atomic E-state index is -0.724. The Morgan fingerprint density at radius 1 is 1.00 bits per heavy atom. The molecule has 1 aliphatic heterocycles. The summed E-state index contributed by atoms with van der Waals surface area (Å²) in [6, 6.07) is 18.9. The molecule has 5 rings (SSSR count). The minimum Gasteiger partial charge on any atom is -0.318 e. The van der Waals surface area contributed by atoms with Crippen molar-refractivity contribution in [3.05, 3.63) is 118 Å². The summed E-state index contributed by atoms with van der Waals surface area (Å²) in [6.45, 7) is 2.12. The summed E-state index contributed by atoms with van der Waals surface area (Å²) in [5, 5.41) is 3.43. The minimum absolute atomic E-state index is 0.242. The fourth-order valence-electron chi connectivity index (χ4n) is 4.29. The van der Waals surface area contributed by atoms with Gasteiger partial charge in [-0.3, -0.25) is 0 Å². The van der Waals surface area contributed by atoms with E-state index in [1.807, 2.05) is 60.2 Å². The van der Waals surface area contributed by atoms with Crippen LogP contribution in [-0.4, -0.2) is 15.5 Å². The number of para-hydroxylation sites is 1. The molecule has 166 valence electrons. The maximum Gasteiger partial charge on any atom is 0.322 e. The Kier molecular flexibility index (Phi) is 5.38. The molecule has 2 heterocycles. The van der Waals surface area contributed by atoms with Crippen LogP contribution in [0, 0.1) is 18.6 Å². The summed E-state index contributed by atoms with van der Waals surface area (Å²) in [5.74, 6) is -1.40. The van der Waals surface area contributed by atoms with E-state index in [1.54, 1.807) is 17.0 Å². The quantitative estimate of drug-likeness (QED) is 0.346. The van der Waals surface area contributed by atoms with Crippen molar-refractivity contribution in [1.82, 2.24) is 9.47 Å². The standard InChI is InChI=1S/C26H20ClF2N3O/c1-16-8-9-21(14-22(16)27)30-26(33)32-15-17-5-2-3-6-23(17)31-10-4-7-24(31)25(32)18-11-19(28)13-20(29)12-18/h2-14,25H,15H2,1H3,(H,30,33)/t25-/m0/s1. The molecule has 1 atom stereocenters. The van der Waals surface area contributed by atoms with Crippen LogP contribution in [0.5, 0.6) is 0 Å². The van der Waals surface area contributed by atoms with E-state index in [9.17, 15) is 13.6 Å². The van der Waals surface area contributed by atoms with Gasteiger partial charge in [0.2, 0.25) is 0 Å². The number of carbonyl (C=O) groups excluding carboxylic acids is 1. The third kappa shape index (κ3) is 3.98. The molecule has 1 aliphatic rings. The van der Waals surface area contributed by atoms with E-state index in [4.69, 9.17) is 11.6 Å². The third-order valence-corrected chi connectivity index (χ3v) is 6.26. The van der Waals surface area contributed by atoms with Crippen LogP contribution in [0.4, 0.5) is 19.3 Å². The molecule has 1 aromatic heterocycles. The highest BCUT2D eigenvalue weighted by Gasteiger charge is 2.33. The molecule has 0 saturated carbocycles. The summed E-state index contributed by atoms with van der Waals surface area (Å²) in [4.78, 5) is 15.2. The van der Waals surface area contributed by atoms with E-state index in [0.717, 1.165) is 28.6 Å². The van der Waals surface area contributed by atoms with Gasteiger partial charge in [0.25, 0.3) is 0 Å². The maximum absolute atomic E-state index is 14.2. The zero-order valence-electron chi connectivity index (χ0n) is 17.7. The van der Waals surface area contributed by atoms with Gasteiger partial charge in [-0.2, -0.15) is 0 Å². The van der Waals surface area contributed by atoms with E-state index in [2.05, 4.69) is 5.32 Å². The van der Waals surface area contributed by atoms with Crippen LogP contribution < -0.4 is 5.32 Å². The first kappa shape index (κ1) is 21.2. The van der Waals surface area contributed by atoms with Crippen molar-refractivity contribution in [2.75, 3.05) is 5.32 Å². The second-order valence-corrected chi connectivity index (χ2v) is 8.47. The summed E-state index contributed by atoms with van der Waals surface area (Å²) in [6.07, 6.45) is 1.89. The summed E-state index contributed by atoms with van der Waals surface area (Å²) in [5.41, 5.74) is 4.32. The number of halogens is 3. The average Bonchev–Trinajstić information content (AvgIpc) is 3.19. The van der Waals surface area contributed by atoms with E-state index < -0.39 is 23.7 Å². The summed E-state index contributed by atoms with van der Waals surface area (Å²) >= 11 is 6.24. The fourth-order valence-corrected chi connectivity index (χ4v) is 4.47. The molecule has 4 aromatic rings. The number of nitrogens with zero attached hydrogens (tertiary/aromatic N) is 2. The van der Waals surface area contributed by atoms with Crippen molar-refractivity contribution >= 4 is 23.3 Å². The molecule has 0 spiro atoms. The number of fused-ring (bicyclic) bond motifs is 3. The smallest absolute Gasteiger partial charge is 0.318 e. The van der Waals surface area contributed by atoms with Crippen LogP contribution in [-0.2, 0) is 6.54 Å². The fraction of sp³-hybridized carbons (Fsp3) is 0.115. The van der Waals surface area contributed by atoms with Crippen molar-refractivity contribution in [2.45, 2.75) is 19.5 Å². The first-order valence-electron chi connectivity index (χ1n) is 10.5. The van der Waals surface area contributed by atoms with Crippen molar-refractivity contribution in [3.8, 4) is 5.69 Å². The number of urea groups is 1. The Morgan fingerprint density at radius 2 is 1.76 bits per heavy atom. The lowest BCUT2D eigenvalue weighted by Crippen LogP contribution is -2.38. The molecule has 0 fully saturated rings. The largest absolute Gasteiger partial charge is 0.322 e. The van der Waals surface area contributed by atoms with Gasteiger partial charge >= 0.3 is 6.03 Å². The molecule has 0 aliphatic carbocycles. The normalized spacial score (nSPS) is 14.9. The molecule has 0 saturated heterocycles. The molecule has 3 aromatic carbocycles. The molecule has 2 amide bonds. The molecule has 7 heteroatoms. The van der Waals surface area contributed by atoms with Crippen LogP contribution in [0.15, 0.2) is 79.0 Å². The number of carbonyl (C=O) groups is 1. The van der Waals surface area contributed by atoms with E-state index in [-0.39, 0.29) is 6.54 Å². The van der Waals surface area contributed by atoms with Crippen molar-refractivity contribution in [2.24, 2.45) is 0 Å². The number of amides is 2. The molecule has 0 unspecified atom stereocenters. The van der Waals surface area contributed by atoms with Gasteiger partial charge in [0.1, 0.15) is 11.6 Å². The Bertz CT molecular complexity index is 1350. The second kappa shape index (κ2) is 8.37. The zero-order valence-corrected chi connectivity index (χ0v) is 18.5. The molecular weight excluding hydrogens is 444 g/mol. The zero-order chi connectivity index (χ0) is 23.1. The maximum atomic E-state index is 14.2. The predicted molar refractivity (Wildman–Crippen MR) is 125 cm³/mol. The van der Waals surface area contributed by atoms with Crippen LogP contribution >= 0.6 is 11.6 Å². The van der Waals surface area contributed by atoms with Gasteiger partial charge in [-0.1, -0.05) is 35.9 Å². The van der Waals surface area contributed by atoms with Gasteiger partial charge in [0.05, 0.1) is 18.3 Å². The van der Waals surface area contributed by atoms with Gasteiger partial charge < -0.3 is 14.8 Å². The average molecular weight is 464 g/mol. The Balaban J connectivity index is 1.64. The van der Waals surface area contributed by atoms with Crippen LogP contribution in [0.3, 0.4) is 0 Å². The summed E-state index contributed by atoms with van der Waals surface area (Å²) in [7, 11) is 0. The lowest BCUT2D eigenvalue weighted by atomic mass is 10.0. The topological polar surface area (TPSA) is 37.3 Å². The number of hydrogen-bond donors (Lipinski definition) is 1. The molecule has 1 N–H and O–H groups in total. The van der Waals surface area contributed by atoms with Crippen molar-refractivity contribution in [1.29, 1.82) is 0 Å². The Morgan fingerprint density at radius 3 is 2.52 bits per heavy atom. The van der Waals surface area contributed by atoms with E-state index in [1.165, 1.54) is 12.1 Å². The predicted octanol–water partition coefficient (Wildman–Crippen LogP) is 6.85. The highest BCUT2D eigenvalue weighted by Crippen LogP contribution is 2.37. The van der Waals surface area contributed by atoms with Crippen molar-refractivity contribution < 1.29 is 13.6 Å². The number of rotatable bonds is 2. The number of benzene rings is 3. The second-order valence-electron chi connectivity index (χ2n) is 8.06. The monoisotopic (exact) mass is 463 g/mol. The van der Waals surface area contributed by atoms with Crippen LogP contribution in [0.2, 0.25) is 5.02 Å². The van der Waals surface area contributed by atoms with Gasteiger partial charge in [-0.15, -0.1) is 0 Å². The van der Waals surface area contributed by atoms with Crippen LogP contribution in [0.25, 0.3) is 5.69 Å². The van der Waals surface area contributed by atoms with Gasteiger partial charge in [-0.25, -0.2) is 13.6 Å². The number of nitrogens with one attached hydrogen (secondary N) is 1. The first-order chi connectivity index (χ1) is 15.9. The lowest BCUT2D eigenvalue weighted by Gasteiger charge is -2.31. The highest BCUT2D eigenvalue weighted by atomic mass is 35.5. The number of hydrogen-bond acceptors (Lipinski definition) is 1. The van der Waals surface area contributed by atoms with Gasteiger partial charge in [-0.05, 0) is 66.1 Å². The number of anilines is 1.